The van der Waals surface area contributed by atoms with Crippen LogP contribution in [0.5, 0.6) is 0 Å². The van der Waals surface area contributed by atoms with Gasteiger partial charge in [-0.15, -0.1) is 24.7 Å². The summed E-state index contributed by atoms with van der Waals surface area (Å²) in [6.07, 6.45) is 11.3. The van der Waals surface area contributed by atoms with Crippen molar-refractivity contribution in [3.63, 3.8) is 0 Å². The lowest BCUT2D eigenvalue weighted by molar-refractivity contribution is 0.235. The molecule has 2 atom stereocenters. The maximum absolute atomic E-state index is 11.3. The number of hydrogen-bond donors (Lipinski definition) is 2. The summed E-state index contributed by atoms with van der Waals surface area (Å²) < 4.78 is 0. The number of terminal acetylenes is 2. The van der Waals surface area contributed by atoms with Gasteiger partial charge in [-0.3, -0.25) is 0 Å². The fourth-order valence-electron chi connectivity index (χ4n) is 0.945. The zero-order valence-corrected chi connectivity index (χ0v) is 8.63. The Balaban J connectivity index is 3.77. The third-order valence-electron chi connectivity index (χ3n) is 1.60. The molecule has 2 amide bonds. The minimum Gasteiger partial charge on any atom is -0.335 e. The smallest absolute Gasteiger partial charge is 0.315 e. The number of urea groups is 1. The SMILES string of the molecule is C#CCC(C)NC(=O)NC(C)CC#C. The van der Waals surface area contributed by atoms with Crippen LogP contribution in [0.2, 0.25) is 0 Å². The highest BCUT2D eigenvalue weighted by Crippen LogP contribution is 1.90. The second-order valence-corrected chi connectivity index (χ2v) is 3.24. The molecule has 0 fully saturated rings. The van der Waals surface area contributed by atoms with E-state index in [-0.39, 0.29) is 18.1 Å². The fourth-order valence-corrected chi connectivity index (χ4v) is 0.945. The average molecular weight is 192 g/mol. The van der Waals surface area contributed by atoms with Crippen molar-refractivity contribution in [3.05, 3.63) is 0 Å². The van der Waals surface area contributed by atoms with Crippen LogP contribution in [0, 0.1) is 24.7 Å². The summed E-state index contributed by atoms with van der Waals surface area (Å²) in [4.78, 5) is 11.3. The lowest BCUT2D eigenvalue weighted by atomic mass is 10.2. The molecular weight excluding hydrogens is 176 g/mol. The van der Waals surface area contributed by atoms with E-state index in [0.29, 0.717) is 12.8 Å². The molecule has 0 spiro atoms. The Kier molecular flexibility index (Phi) is 6.07. The zero-order valence-electron chi connectivity index (χ0n) is 8.63. The van der Waals surface area contributed by atoms with Gasteiger partial charge in [0.05, 0.1) is 0 Å². The number of amides is 2. The van der Waals surface area contributed by atoms with Crippen molar-refractivity contribution >= 4 is 6.03 Å². The van der Waals surface area contributed by atoms with Gasteiger partial charge in [0, 0.05) is 24.9 Å². The van der Waals surface area contributed by atoms with E-state index in [1.165, 1.54) is 0 Å². The topological polar surface area (TPSA) is 41.1 Å². The van der Waals surface area contributed by atoms with E-state index >= 15 is 0 Å². The van der Waals surface area contributed by atoms with Crippen molar-refractivity contribution in [2.24, 2.45) is 0 Å². The maximum Gasteiger partial charge on any atom is 0.315 e. The molecule has 2 unspecified atom stereocenters. The number of rotatable bonds is 4. The number of hydrogen-bond acceptors (Lipinski definition) is 1. The van der Waals surface area contributed by atoms with Crippen molar-refractivity contribution in [1.29, 1.82) is 0 Å². The van der Waals surface area contributed by atoms with E-state index < -0.39 is 0 Å². The number of carbonyl (C=O) groups excluding carboxylic acids is 1. The molecule has 0 aromatic heterocycles. The van der Waals surface area contributed by atoms with Crippen LogP contribution in [-0.2, 0) is 0 Å². The molecule has 0 heterocycles. The maximum atomic E-state index is 11.3. The Labute approximate surface area is 85.6 Å². The molecule has 0 bridgehead atoms. The summed E-state index contributed by atoms with van der Waals surface area (Å²) in [6.45, 7) is 3.70. The molecule has 0 aliphatic rings. The first-order valence-electron chi connectivity index (χ1n) is 4.54. The molecule has 0 aliphatic heterocycles. The van der Waals surface area contributed by atoms with Gasteiger partial charge in [-0.25, -0.2) is 4.79 Å². The van der Waals surface area contributed by atoms with Gasteiger partial charge in [-0.2, -0.15) is 0 Å². The first-order chi connectivity index (χ1) is 6.60. The van der Waals surface area contributed by atoms with Crippen LogP contribution in [0.25, 0.3) is 0 Å². The molecule has 0 rings (SSSR count). The van der Waals surface area contributed by atoms with Crippen LogP contribution in [0.3, 0.4) is 0 Å². The van der Waals surface area contributed by atoms with Gasteiger partial charge < -0.3 is 10.6 Å². The monoisotopic (exact) mass is 192 g/mol. The number of carbonyl (C=O) groups is 1. The van der Waals surface area contributed by atoms with Crippen LogP contribution >= 0.6 is 0 Å². The van der Waals surface area contributed by atoms with E-state index in [2.05, 4.69) is 22.5 Å². The van der Waals surface area contributed by atoms with Gasteiger partial charge in [0.2, 0.25) is 0 Å². The number of nitrogens with one attached hydrogen (secondary N) is 2. The van der Waals surface area contributed by atoms with Crippen molar-refractivity contribution in [1.82, 2.24) is 10.6 Å². The Bertz CT molecular complexity index is 233. The van der Waals surface area contributed by atoms with Gasteiger partial charge in [-0.05, 0) is 13.8 Å². The highest BCUT2D eigenvalue weighted by atomic mass is 16.2. The van der Waals surface area contributed by atoms with E-state index in [0.717, 1.165) is 0 Å². The van der Waals surface area contributed by atoms with E-state index in [4.69, 9.17) is 12.8 Å². The van der Waals surface area contributed by atoms with Crippen molar-refractivity contribution in [2.45, 2.75) is 38.8 Å². The lowest BCUT2D eigenvalue weighted by Gasteiger charge is -2.15. The van der Waals surface area contributed by atoms with Crippen molar-refractivity contribution < 1.29 is 4.79 Å². The first-order valence-corrected chi connectivity index (χ1v) is 4.54. The largest absolute Gasteiger partial charge is 0.335 e. The minimum absolute atomic E-state index is 0.0157. The van der Waals surface area contributed by atoms with Gasteiger partial charge in [0.15, 0.2) is 0 Å². The first kappa shape index (κ1) is 12.4. The molecule has 0 aromatic carbocycles. The molecule has 0 radical (unpaired) electrons. The predicted molar refractivity (Wildman–Crippen MR) is 57.5 cm³/mol. The van der Waals surface area contributed by atoms with E-state index in [1.54, 1.807) is 0 Å². The molecule has 0 aliphatic carbocycles. The summed E-state index contributed by atoms with van der Waals surface area (Å²) >= 11 is 0. The Morgan fingerprint density at radius 2 is 1.50 bits per heavy atom. The molecule has 76 valence electrons. The molecule has 3 heteroatoms. The quantitative estimate of drug-likeness (QED) is 0.644. The van der Waals surface area contributed by atoms with Crippen LogP contribution in [0.15, 0.2) is 0 Å². The Hall–Kier alpha value is -1.61. The second kappa shape index (κ2) is 6.86. The predicted octanol–water partition coefficient (Wildman–Crippen LogP) is 1.11. The van der Waals surface area contributed by atoms with Crippen molar-refractivity contribution in [2.75, 3.05) is 0 Å². The summed E-state index contributed by atoms with van der Waals surface area (Å²) in [7, 11) is 0. The van der Waals surface area contributed by atoms with Crippen LogP contribution in [0.1, 0.15) is 26.7 Å². The van der Waals surface area contributed by atoms with Crippen molar-refractivity contribution in [3.8, 4) is 24.7 Å². The molecule has 14 heavy (non-hydrogen) atoms. The van der Waals surface area contributed by atoms with Gasteiger partial charge in [0.25, 0.3) is 0 Å². The Morgan fingerprint density at radius 3 is 1.79 bits per heavy atom. The second-order valence-electron chi connectivity index (χ2n) is 3.24. The Morgan fingerprint density at radius 1 is 1.14 bits per heavy atom. The summed E-state index contributed by atoms with van der Waals surface area (Å²) in [5, 5.41) is 5.42. The van der Waals surface area contributed by atoms with Gasteiger partial charge >= 0.3 is 6.03 Å². The zero-order chi connectivity index (χ0) is 11.0. The molecule has 3 nitrogen and oxygen atoms in total. The minimum atomic E-state index is -0.226. The fraction of sp³-hybridized carbons (Fsp3) is 0.545. The van der Waals surface area contributed by atoms with Crippen LogP contribution in [-0.4, -0.2) is 18.1 Å². The third kappa shape index (κ3) is 5.97. The molecule has 2 N–H and O–H groups in total. The van der Waals surface area contributed by atoms with Gasteiger partial charge in [-0.1, -0.05) is 0 Å². The average Bonchev–Trinajstić information content (AvgIpc) is 2.03. The highest BCUT2D eigenvalue weighted by molar-refractivity contribution is 5.74. The molecule has 0 aromatic rings. The van der Waals surface area contributed by atoms with Crippen LogP contribution in [0.4, 0.5) is 4.79 Å². The summed E-state index contributed by atoms with van der Waals surface area (Å²) in [5.41, 5.74) is 0. The lowest BCUT2D eigenvalue weighted by Crippen LogP contribution is -2.44. The van der Waals surface area contributed by atoms with Crippen LogP contribution < -0.4 is 10.6 Å². The third-order valence-corrected chi connectivity index (χ3v) is 1.60. The molecular formula is C11H16N2O. The molecule has 0 saturated carbocycles. The normalized spacial score (nSPS) is 13.1. The van der Waals surface area contributed by atoms with Gasteiger partial charge in [0.1, 0.15) is 0 Å². The summed E-state index contributed by atoms with van der Waals surface area (Å²) in [6, 6.07) is -0.258. The molecule has 0 saturated heterocycles. The standard InChI is InChI=1S/C11H16N2O/c1-5-7-9(3)12-11(14)13-10(4)8-6-2/h1-2,9-10H,7-8H2,3-4H3,(H2,12,13,14). The van der Waals surface area contributed by atoms with E-state index in [9.17, 15) is 4.79 Å². The highest BCUT2D eigenvalue weighted by Gasteiger charge is 2.08. The van der Waals surface area contributed by atoms with E-state index in [1.807, 2.05) is 13.8 Å². The summed E-state index contributed by atoms with van der Waals surface area (Å²) in [5.74, 6) is 4.95.